The van der Waals surface area contributed by atoms with Crippen molar-refractivity contribution in [3.05, 3.63) is 69.4 Å². The van der Waals surface area contributed by atoms with Crippen molar-refractivity contribution in [1.29, 1.82) is 0 Å². The summed E-state index contributed by atoms with van der Waals surface area (Å²) in [5.74, 6) is 0.0953. The van der Waals surface area contributed by atoms with Crippen LogP contribution in [0.3, 0.4) is 0 Å². The van der Waals surface area contributed by atoms with E-state index in [1.165, 1.54) is 5.01 Å². The van der Waals surface area contributed by atoms with E-state index >= 15 is 0 Å². The number of fused-ring (bicyclic) bond motifs is 2. The third kappa shape index (κ3) is 2.41. The zero-order valence-electron chi connectivity index (χ0n) is 12.0. The smallest absolute Gasteiger partial charge is 0.154 e. The second-order valence-electron chi connectivity index (χ2n) is 5.61. The van der Waals surface area contributed by atoms with Crippen LogP contribution >= 0.6 is 11.6 Å². The second-order valence-corrected chi connectivity index (χ2v) is 8.23. The number of anilines is 1. The van der Waals surface area contributed by atoms with Crippen molar-refractivity contribution in [2.24, 2.45) is 0 Å². The molecule has 1 N–H and O–H groups in total. The SMILES string of the molecule is O=S1(=O)CCC2=C(C1)C1=CN(c3ccc(Cl)cc3)N([O-])C1=CN2. The molecule has 0 radical (unpaired) electrons. The van der Waals surface area contributed by atoms with Crippen LogP contribution in [0.15, 0.2) is 59.2 Å². The molecule has 0 unspecified atom stereocenters. The summed E-state index contributed by atoms with van der Waals surface area (Å²) in [6.07, 6.45) is 3.75. The van der Waals surface area contributed by atoms with Gasteiger partial charge in [-0.1, -0.05) is 11.6 Å². The van der Waals surface area contributed by atoms with Gasteiger partial charge in [0.05, 0.1) is 22.9 Å². The molecule has 6 nitrogen and oxygen atoms in total. The molecule has 1 aromatic rings. The van der Waals surface area contributed by atoms with Gasteiger partial charge in [-0.15, -0.1) is 0 Å². The fraction of sp³-hybridized carbons (Fsp3) is 0.200. The van der Waals surface area contributed by atoms with Gasteiger partial charge in [0.15, 0.2) is 9.84 Å². The van der Waals surface area contributed by atoms with Crippen LogP contribution in [-0.4, -0.2) is 25.1 Å². The van der Waals surface area contributed by atoms with E-state index in [2.05, 4.69) is 5.32 Å². The predicted molar refractivity (Wildman–Crippen MR) is 88.7 cm³/mol. The minimum atomic E-state index is -3.12. The van der Waals surface area contributed by atoms with Gasteiger partial charge in [0.1, 0.15) is 0 Å². The Morgan fingerprint density at radius 1 is 1.22 bits per heavy atom. The van der Waals surface area contributed by atoms with Crippen LogP contribution in [0.2, 0.25) is 5.02 Å². The average molecular weight is 351 g/mol. The Morgan fingerprint density at radius 2 is 1.96 bits per heavy atom. The Balaban J connectivity index is 1.76. The molecule has 0 aromatic heterocycles. The number of hydroxylamine groups is 1. The minimum absolute atomic E-state index is 0.0409. The number of nitrogens with zero attached hydrogens (tertiary/aromatic N) is 2. The lowest BCUT2D eigenvalue weighted by Gasteiger charge is -2.38. The number of hydrazine groups is 1. The van der Waals surface area contributed by atoms with Crippen LogP contribution in [-0.2, 0) is 9.84 Å². The fourth-order valence-electron chi connectivity index (χ4n) is 2.94. The predicted octanol–water partition coefficient (Wildman–Crippen LogP) is 2.28. The maximum Gasteiger partial charge on any atom is 0.154 e. The molecule has 0 aliphatic carbocycles. The summed E-state index contributed by atoms with van der Waals surface area (Å²) in [5.41, 5.74) is 3.29. The molecular weight excluding hydrogens is 338 g/mol. The highest BCUT2D eigenvalue weighted by Gasteiger charge is 2.34. The molecule has 0 fully saturated rings. The van der Waals surface area contributed by atoms with Gasteiger partial charge in [0, 0.05) is 35.1 Å². The standard InChI is InChI=1S/C15H13ClN3O3S/c16-10-1-3-11(4-2-10)18-8-12-13-9-23(21,22)6-5-14(13)17-7-15(12)19(18)20/h1-4,7-8,17H,5-6,9H2/q-1. The Hall–Kier alpha value is -1.96. The number of dihydropyridines is 1. The number of rotatable bonds is 1. The van der Waals surface area contributed by atoms with Crippen LogP contribution in [0.5, 0.6) is 0 Å². The van der Waals surface area contributed by atoms with E-state index in [1.807, 2.05) is 0 Å². The molecule has 4 rings (SSSR count). The first-order valence-corrected chi connectivity index (χ1v) is 9.28. The molecule has 3 heterocycles. The van der Waals surface area contributed by atoms with Crippen LogP contribution in [0.4, 0.5) is 5.69 Å². The molecule has 0 atom stereocenters. The summed E-state index contributed by atoms with van der Waals surface area (Å²) in [6.45, 7) is 0. The summed E-state index contributed by atoms with van der Waals surface area (Å²) in [7, 11) is -3.12. The van der Waals surface area contributed by atoms with Gasteiger partial charge >= 0.3 is 0 Å². The first-order valence-electron chi connectivity index (χ1n) is 7.08. The van der Waals surface area contributed by atoms with E-state index in [0.29, 0.717) is 34.0 Å². The third-order valence-corrected chi connectivity index (χ3v) is 5.93. The average Bonchev–Trinajstić information content (AvgIpc) is 2.85. The molecule has 8 heteroatoms. The van der Waals surface area contributed by atoms with E-state index in [1.54, 1.807) is 36.7 Å². The Morgan fingerprint density at radius 3 is 2.70 bits per heavy atom. The molecule has 0 saturated heterocycles. The minimum Gasteiger partial charge on any atom is -0.738 e. The second kappa shape index (κ2) is 5.02. The molecule has 0 spiro atoms. The Kier molecular flexibility index (Phi) is 3.19. The van der Waals surface area contributed by atoms with Gasteiger partial charge in [-0.3, -0.25) is 5.01 Å². The lowest BCUT2D eigenvalue weighted by atomic mass is 10.00. The zero-order valence-corrected chi connectivity index (χ0v) is 13.6. The molecule has 1 aromatic carbocycles. The number of nitrogens with one attached hydrogen (secondary N) is 1. The van der Waals surface area contributed by atoms with E-state index in [0.717, 1.165) is 10.9 Å². The number of sulfone groups is 1. The van der Waals surface area contributed by atoms with Crippen molar-refractivity contribution in [1.82, 2.24) is 10.5 Å². The number of allylic oxidation sites excluding steroid dienone is 2. The van der Waals surface area contributed by atoms with E-state index in [9.17, 15) is 13.6 Å². The zero-order chi connectivity index (χ0) is 16.2. The number of halogens is 1. The fourth-order valence-corrected chi connectivity index (χ4v) is 4.50. The van der Waals surface area contributed by atoms with Crippen LogP contribution < -0.4 is 10.3 Å². The lowest BCUT2D eigenvalue weighted by Crippen LogP contribution is -2.32. The van der Waals surface area contributed by atoms with Crippen molar-refractivity contribution in [2.45, 2.75) is 6.42 Å². The summed E-state index contributed by atoms with van der Waals surface area (Å²) in [6, 6.07) is 6.88. The van der Waals surface area contributed by atoms with Crippen LogP contribution in [0.1, 0.15) is 6.42 Å². The maximum atomic E-state index is 12.5. The third-order valence-electron chi connectivity index (χ3n) is 4.12. The van der Waals surface area contributed by atoms with Gasteiger partial charge in [0.2, 0.25) is 0 Å². The molecular formula is C15H13ClN3O3S-. The lowest BCUT2D eigenvalue weighted by molar-refractivity contribution is 0.501. The van der Waals surface area contributed by atoms with Crippen molar-refractivity contribution >= 4 is 27.1 Å². The highest BCUT2D eigenvalue weighted by Crippen LogP contribution is 2.39. The summed E-state index contributed by atoms with van der Waals surface area (Å²) >= 11 is 5.88. The molecule has 23 heavy (non-hydrogen) atoms. The molecule has 0 saturated carbocycles. The molecule has 3 aliphatic heterocycles. The summed E-state index contributed by atoms with van der Waals surface area (Å²) in [4.78, 5) is 0. The first kappa shape index (κ1) is 14.6. The van der Waals surface area contributed by atoms with Crippen molar-refractivity contribution in [3.63, 3.8) is 0 Å². The maximum absolute atomic E-state index is 12.5. The Labute approximate surface area is 138 Å². The molecule has 120 valence electrons. The van der Waals surface area contributed by atoms with Gasteiger partial charge in [-0.2, -0.15) is 0 Å². The number of hydrogen-bond donors (Lipinski definition) is 1. The largest absolute Gasteiger partial charge is 0.738 e. The number of benzene rings is 1. The van der Waals surface area contributed by atoms with Crippen molar-refractivity contribution < 1.29 is 8.42 Å². The van der Waals surface area contributed by atoms with Gasteiger partial charge in [0.25, 0.3) is 0 Å². The van der Waals surface area contributed by atoms with Gasteiger partial charge < -0.3 is 15.7 Å². The molecule has 0 amide bonds. The topological polar surface area (TPSA) is 75.7 Å². The summed E-state index contributed by atoms with van der Waals surface area (Å²) in [5, 5.41) is 18.4. The monoisotopic (exact) mass is 350 g/mol. The summed E-state index contributed by atoms with van der Waals surface area (Å²) < 4.78 is 23.9. The van der Waals surface area contributed by atoms with Crippen molar-refractivity contribution in [2.75, 3.05) is 16.5 Å². The molecule has 3 aliphatic rings. The molecule has 0 bridgehead atoms. The van der Waals surface area contributed by atoms with Crippen molar-refractivity contribution in [3.8, 4) is 0 Å². The quantitative estimate of drug-likeness (QED) is 0.837. The highest BCUT2D eigenvalue weighted by molar-refractivity contribution is 7.91. The van der Waals surface area contributed by atoms with Gasteiger partial charge in [-0.25, -0.2) is 8.42 Å². The first-order chi connectivity index (χ1) is 10.9. The Bertz CT molecular complexity index is 872. The van der Waals surface area contributed by atoms with Crippen LogP contribution in [0.25, 0.3) is 0 Å². The van der Waals surface area contributed by atoms with E-state index < -0.39 is 9.84 Å². The normalized spacial score (nSPS) is 22.2. The van der Waals surface area contributed by atoms with E-state index in [-0.39, 0.29) is 11.5 Å². The van der Waals surface area contributed by atoms with Gasteiger partial charge in [-0.05, 0) is 29.8 Å². The number of hydrogen-bond acceptors (Lipinski definition) is 6. The van der Waals surface area contributed by atoms with Crippen LogP contribution in [0, 0.1) is 5.21 Å². The highest BCUT2D eigenvalue weighted by atomic mass is 35.5. The van der Waals surface area contributed by atoms with E-state index in [4.69, 9.17) is 11.6 Å².